The normalized spacial score (nSPS) is 16.0. The van der Waals surface area contributed by atoms with Crippen LogP contribution < -0.4 is 10.2 Å². The first kappa shape index (κ1) is 17.8. The van der Waals surface area contributed by atoms with E-state index in [0.717, 1.165) is 30.4 Å². The van der Waals surface area contributed by atoms with Crippen LogP contribution in [-0.2, 0) is 6.54 Å². The van der Waals surface area contributed by atoms with Gasteiger partial charge in [-0.3, -0.25) is 0 Å². The predicted molar refractivity (Wildman–Crippen MR) is 95.9 cm³/mol. The summed E-state index contributed by atoms with van der Waals surface area (Å²) in [6.45, 7) is 4.75. The molecule has 2 heterocycles. The van der Waals surface area contributed by atoms with Crippen LogP contribution in [0.1, 0.15) is 42.3 Å². The third kappa shape index (κ3) is 4.74. The van der Waals surface area contributed by atoms with E-state index in [1.54, 1.807) is 18.2 Å². The first-order valence-electron chi connectivity index (χ1n) is 8.86. The van der Waals surface area contributed by atoms with Crippen LogP contribution in [0.2, 0.25) is 0 Å². The maximum Gasteiger partial charge on any atom is 0.225 e. The van der Waals surface area contributed by atoms with Gasteiger partial charge in [-0.2, -0.15) is 0 Å². The van der Waals surface area contributed by atoms with Gasteiger partial charge in [0.05, 0.1) is 11.8 Å². The zero-order valence-electron chi connectivity index (χ0n) is 14.6. The fourth-order valence-corrected chi connectivity index (χ4v) is 3.13. The summed E-state index contributed by atoms with van der Waals surface area (Å²) in [7, 11) is 0. The minimum atomic E-state index is -0.884. The van der Waals surface area contributed by atoms with E-state index < -0.39 is 6.10 Å². The Balaban J connectivity index is 1.59. The van der Waals surface area contributed by atoms with Gasteiger partial charge in [0.25, 0.3) is 0 Å². The Hall–Kier alpha value is -2.05. The van der Waals surface area contributed by atoms with Gasteiger partial charge < -0.3 is 15.3 Å². The second-order valence-corrected chi connectivity index (χ2v) is 6.52. The summed E-state index contributed by atoms with van der Waals surface area (Å²) in [5.41, 5.74) is 2.12. The number of aromatic nitrogens is 2. The van der Waals surface area contributed by atoms with Crippen molar-refractivity contribution in [1.82, 2.24) is 15.3 Å². The van der Waals surface area contributed by atoms with E-state index in [2.05, 4.69) is 20.2 Å². The zero-order valence-corrected chi connectivity index (χ0v) is 14.6. The lowest BCUT2D eigenvalue weighted by Crippen LogP contribution is -2.31. The summed E-state index contributed by atoms with van der Waals surface area (Å²) >= 11 is 0. The molecule has 2 N–H and O–H groups in total. The summed E-state index contributed by atoms with van der Waals surface area (Å²) in [5.74, 6) is 0.396. The van der Waals surface area contributed by atoms with Gasteiger partial charge in [0, 0.05) is 37.4 Å². The Kier molecular flexibility index (Phi) is 5.94. The molecule has 0 amide bonds. The summed E-state index contributed by atoms with van der Waals surface area (Å²) in [6.07, 6.45) is 2.75. The molecule has 1 aliphatic heterocycles. The molecule has 25 heavy (non-hydrogen) atoms. The van der Waals surface area contributed by atoms with E-state index >= 15 is 0 Å². The summed E-state index contributed by atoms with van der Waals surface area (Å²) in [4.78, 5) is 11.4. The molecule has 0 bridgehead atoms. The van der Waals surface area contributed by atoms with E-state index in [-0.39, 0.29) is 12.4 Å². The van der Waals surface area contributed by atoms with Crippen molar-refractivity contribution in [3.8, 4) is 0 Å². The Morgan fingerprint density at radius 1 is 1.20 bits per heavy atom. The molecular weight excluding hydrogens is 319 g/mol. The molecule has 1 fully saturated rings. The largest absolute Gasteiger partial charge is 0.387 e. The highest BCUT2D eigenvalue weighted by Gasteiger charge is 2.15. The average molecular weight is 344 g/mol. The van der Waals surface area contributed by atoms with Crippen LogP contribution in [0, 0.1) is 12.7 Å². The number of aryl methyl sites for hydroxylation is 1. The molecule has 5 nitrogen and oxygen atoms in total. The molecule has 1 saturated heterocycles. The molecule has 6 heteroatoms. The maximum absolute atomic E-state index is 13.7. The van der Waals surface area contributed by atoms with E-state index in [1.165, 1.54) is 25.3 Å². The molecule has 1 unspecified atom stereocenters. The monoisotopic (exact) mass is 344 g/mol. The SMILES string of the molecule is Cc1cc(CNCC(O)c2ccccc2F)nc(N2CCCCC2)n1. The van der Waals surface area contributed by atoms with Gasteiger partial charge in [-0.05, 0) is 38.3 Å². The fourth-order valence-electron chi connectivity index (χ4n) is 3.13. The number of piperidine rings is 1. The van der Waals surface area contributed by atoms with Gasteiger partial charge in [-0.1, -0.05) is 18.2 Å². The van der Waals surface area contributed by atoms with Gasteiger partial charge in [-0.25, -0.2) is 14.4 Å². The summed E-state index contributed by atoms with van der Waals surface area (Å²) in [6, 6.07) is 8.24. The average Bonchev–Trinajstić information content (AvgIpc) is 2.62. The molecule has 1 atom stereocenters. The lowest BCUT2D eigenvalue weighted by molar-refractivity contribution is 0.169. The molecule has 1 aliphatic rings. The minimum Gasteiger partial charge on any atom is -0.387 e. The van der Waals surface area contributed by atoms with Crippen molar-refractivity contribution in [3.05, 3.63) is 53.1 Å². The maximum atomic E-state index is 13.7. The first-order chi connectivity index (χ1) is 12.1. The molecule has 1 aromatic carbocycles. The van der Waals surface area contributed by atoms with E-state index in [4.69, 9.17) is 0 Å². The van der Waals surface area contributed by atoms with Crippen molar-refractivity contribution in [2.24, 2.45) is 0 Å². The smallest absolute Gasteiger partial charge is 0.225 e. The van der Waals surface area contributed by atoms with Gasteiger partial charge in [0.1, 0.15) is 5.82 Å². The van der Waals surface area contributed by atoms with Crippen LogP contribution in [-0.4, -0.2) is 34.7 Å². The summed E-state index contributed by atoms with van der Waals surface area (Å²) in [5, 5.41) is 13.3. The topological polar surface area (TPSA) is 61.3 Å². The van der Waals surface area contributed by atoms with Crippen molar-refractivity contribution in [1.29, 1.82) is 0 Å². The highest BCUT2D eigenvalue weighted by Crippen LogP contribution is 2.18. The number of halogens is 1. The van der Waals surface area contributed by atoms with Crippen LogP contribution in [0.3, 0.4) is 0 Å². The van der Waals surface area contributed by atoms with E-state index in [0.29, 0.717) is 12.1 Å². The van der Waals surface area contributed by atoms with Crippen LogP contribution in [0.4, 0.5) is 10.3 Å². The fraction of sp³-hybridized carbons (Fsp3) is 0.474. The van der Waals surface area contributed by atoms with Gasteiger partial charge in [0.2, 0.25) is 5.95 Å². The van der Waals surface area contributed by atoms with E-state index in [9.17, 15) is 9.50 Å². The van der Waals surface area contributed by atoms with Gasteiger partial charge >= 0.3 is 0 Å². The number of hydrogen-bond acceptors (Lipinski definition) is 5. The number of nitrogens with one attached hydrogen (secondary N) is 1. The quantitative estimate of drug-likeness (QED) is 0.844. The van der Waals surface area contributed by atoms with Crippen LogP contribution in [0.15, 0.2) is 30.3 Å². The van der Waals surface area contributed by atoms with Gasteiger partial charge in [0.15, 0.2) is 0 Å². The van der Waals surface area contributed by atoms with Crippen molar-refractivity contribution >= 4 is 5.95 Å². The van der Waals surface area contributed by atoms with Crippen LogP contribution >= 0.6 is 0 Å². The van der Waals surface area contributed by atoms with E-state index in [1.807, 2.05) is 13.0 Å². The Bertz CT molecular complexity index is 704. The number of benzene rings is 1. The number of hydrogen-bond donors (Lipinski definition) is 2. The number of aliphatic hydroxyl groups excluding tert-OH is 1. The van der Waals surface area contributed by atoms with Crippen molar-refractivity contribution in [2.75, 3.05) is 24.5 Å². The molecule has 1 aromatic heterocycles. The Morgan fingerprint density at radius 3 is 2.72 bits per heavy atom. The molecule has 0 aliphatic carbocycles. The lowest BCUT2D eigenvalue weighted by atomic mass is 10.1. The third-order valence-corrected chi connectivity index (χ3v) is 4.44. The molecule has 134 valence electrons. The third-order valence-electron chi connectivity index (χ3n) is 4.44. The highest BCUT2D eigenvalue weighted by molar-refractivity contribution is 5.32. The second kappa shape index (κ2) is 8.36. The molecule has 0 radical (unpaired) electrons. The standard InChI is InChI=1S/C19H25FN4O/c1-14-11-15(23-19(22-14)24-9-5-2-6-10-24)12-21-13-18(25)16-7-3-4-8-17(16)20/h3-4,7-8,11,18,21,25H,2,5-6,9-10,12-13H2,1H3. The highest BCUT2D eigenvalue weighted by atomic mass is 19.1. The molecule has 3 rings (SSSR count). The number of nitrogens with zero attached hydrogens (tertiary/aromatic N) is 3. The second-order valence-electron chi connectivity index (χ2n) is 6.52. The number of anilines is 1. The minimum absolute atomic E-state index is 0.267. The van der Waals surface area contributed by atoms with Crippen LogP contribution in [0.5, 0.6) is 0 Å². The molecule has 0 saturated carbocycles. The number of rotatable bonds is 6. The molecule has 0 spiro atoms. The van der Waals surface area contributed by atoms with Crippen molar-refractivity contribution in [3.63, 3.8) is 0 Å². The molecular formula is C19H25FN4O. The molecule has 2 aromatic rings. The number of aliphatic hydroxyl groups is 1. The van der Waals surface area contributed by atoms with Crippen molar-refractivity contribution in [2.45, 2.75) is 38.8 Å². The lowest BCUT2D eigenvalue weighted by Gasteiger charge is -2.27. The summed E-state index contributed by atoms with van der Waals surface area (Å²) < 4.78 is 13.7. The Labute approximate surface area is 147 Å². The van der Waals surface area contributed by atoms with Crippen molar-refractivity contribution < 1.29 is 9.50 Å². The Morgan fingerprint density at radius 2 is 1.96 bits per heavy atom. The van der Waals surface area contributed by atoms with Crippen LogP contribution in [0.25, 0.3) is 0 Å². The first-order valence-corrected chi connectivity index (χ1v) is 8.86. The predicted octanol–water partition coefficient (Wildman–Crippen LogP) is 2.74. The zero-order chi connectivity index (χ0) is 17.6. The van der Waals surface area contributed by atoms with Gasteiger partial charge in [-0.15, -0.1) is 0 Å².